The van der Waals surface area contributed by atoms with Crippen molar-refractivity contribution in [2.24, 2.45) is 14.1 Å². The predicted octanol–water partition coefficient (Wildman–Crippen LogP) is 2.19. The van der Waals surface area contributed by atoms with Crippen LogP contribution in [-0.2, 0) is 33.4 Å². The van der Waals surface area contributed by atoms with Crippen LogP contribution in [0.25, 0.3) is 0 Å². The third-order valence-corrected chi connectivity index (χ3v) is 3.00. The Bertz CT molecular complexity index is 603. The van der Waals surface area contributed by atoms with Gasteiger partial charge in [0.1, 0.15) is 0 Å². The minimum Gasteiger partial charge on any atom is -0.307 e. The van der Waals surface area contributed by atoms with E-state index in [-0.39, 0.29) is 12.4 Å². The molecule has 0 amide bonds. The summed E-state index contributed by atoms with van der Waals surface area (Å²) in [5.74, 6) is 0. The lowest BCUT2D eigenvalue weighted by Gasteiger charge is -2.04. The third kappa shape index (κ3) is 4.21. The first-order chi connectivity index (χ1) is 9.27. The molecule has 118 valence electrons. The monoisotopic (exact) mass is 323 g/mol. The molecule has 0 radical (unpaired) electrons. The maximum Gasteiger partial charge on any atom is 0.435 e. The van der Waals surface area contributed by atoms with Gasteiger partial charge >= 0.3 is 6.18 Å². The van der Waals surface area contributed by atoms with Crippen LogP contribution in [0.4, 0.5) is 13.2 Å². The Balaban J connectivity index is 0.00000220. The zero-order valence-electron chi connectivity index (χ0n) is 11.9. The Morgan fingerprint density at radius 1 is 1.19 bits per heavy atom. The molecular weight excluding hydrogens is 307 g/mol. The van der Waals surface area contributed by atoms with Gasteiger partial charge in [-0.25, -0.2) is 0 Å². The van der Waals surface area contributed by atoms with E-state index in [1.54, 1.807) is 4.68 Å². The van der Waals surface area contributed by atoms with Gasteiger partial charge < -0.3 is 5.32 Å². The Morgan fingerprint density at radius 2 is 1.86 bits per heavy atom. The van der Waals surface area contributed by atoms with Crippen molar-refractivity contribution in [3.63, 3.8) is 0 Å². The second-order valence-electron chi connectivity index (χ2n) is 4.66. The molecule has 0 aliphatic heterocycles. The fraction of sp³-hybridized carbons (Fsp3) is 0.500. The third-order valence-electron chi connectivity index (χ3n) is 3.00. The van der Waals surface area contributed by atoms with E-state index in [0.29, 0.717) is 18.8 Å². The first-order valence-electron chi connectivity index (χ1n) is 6.07. The number of hydrogen-bond acceptors (Lipinski definition) is 3. The molecule has 0 aliphatic rings. The molecule has 0 spiro atoms. The van der Waals surface area contributed by atoms with E-state index in [1.165, 1.54) is 11.7 Å². The Hall–Kier alpha value is -1.54. The molecule has 21 heavy (non-hydrogen) atoms. The Labute approximate surface area is 126 Å². The van der Waals surface area contributed by atoms with Crippen molar-refractivity contribution in [2.75, 3.05) is 0 Å². The average Bonchev–Trinajstić information content (AvgIpc) is 2.83. The molecule has 0 fully saturated rings. The summed E-state index contributed by atoms with van der Waals surface area (Å²) in [5.41, 5.74) is 1.54. The van der Waals surface area contributed by atoms with Crippen LogP contribution in [0, 0.1) is 6.92 Å². The first kappa shape index (κ1) is 17.5. The normalized spacial score (nSPS) is 11.5. The standard InChI is InChI=1S/C12H16F3N5.ClH/c1-8-9(7-19(2)17-8)5-16-6-10-4-11(12(13,14)15)18-20(10)3;/h4,7,16H,5-6H2,1-3H3;1H. The van der Waals surface area contributed by atoms with Gasteiger partial charge in [-0.05, 0) is 13.0 Å². The first-order valence-corrected chi connectivity index (χ1v) is 6.07. The SMILES string of the molecule is Cc1nn(C)cc1CNCc1cc(C(F)(F)F)nn1C.Cl. The molecule has 0 atom stereocenters. The maximum absolute atomic E-state index is 12.5. The van der Waals surface area contributed by atoms with Crippen molar-refractivity contribution in [1.82, 2.24) is 24.9 Å². The number of halogens is 4. The van der Waals surface area contributed by atoms with Crippen LogP contribution < -0.4 is 5.32 Å². The topological polar surface area (TPSA) is 47.7 Å². The van der Waals surface area contributed by atoms with Crippen molar-refractivity contribution in [2.45, 2.75) is 26.2 Å². The average molecular weight is 324 g/mol. The van der Waals surface area contributed by atoms with Crippen LogP contribution in [-0.4, -0.2) is 19.6 Å². The van der Waals surface area contributed by atoms with Crippen LogP contribution in [0.1, 0.15) is 22.6 Å². The largest absolute Gasteiger partial charge is 0.435 e. The number of rotatable bonds is 4. The zero-order chi connectivity index (χ0) is 14.9. The number of nitrogens with one attached hydrogen (secondary N) is 1. The van der Waals surface area contributed by atoms with E-state index in [1.807, 2.05) is 20.2 Å². The highest BCUT2D eigenvalue weighted by atomic mass is 35.5. The van der Waals surface area contributed by atoms with Gasteiger partial charge in [0, 0.05) is 38.9 Å². The van der Waals surface area contributed by atoms with Gasteiger partial charge in [0.25, 0.3) is 0 Å². The summed E-state index contributed by atoms with van der Waals surface area (Å²) in [6, 6.07) is 1.06. The van der Waals surface area contributed by atoms with Crippen LogP contribution in [0.2, 0.25) is 0 Å². The molecule has 0 bridgehead atoms. The van der Waals surface area contributed by atoms with Gasteiger partial charge in [0.2, 0.25) is 0 Å². The molecule has 2 rings (SSSR count). The van der Waals surface area contributed by atoms with E-state index in [2.05, 4.69) is 15.5 Å². The van der Waals surface area contributed by atoms with E-state index >= 15 is 0 Å². The molecule has 9 heteroatoms. The molecule has 1 N–H and O–H groups in total. The van der Waals surface area contributed by atoms with Crippen LogP contribution in [0.3, 0.4) is 0 Å². The van der Waals surface area contributed by atoms with E-state index in [9.17, 15) is 13.2 Å². The van der Waals surface area contributed by atoms with E-state index in [0.717, 1.165) is 17.3 Å². The molecule has 0 aromatic carbocycles. The summed E-state index contributed by atoms with van der Waals surface area (Å²) in [4.78, 5) is 0. The second-order valence-corrected chi connectivity index (χ2v) is 4.66. The number of nitrogens with zero attached hydrogens (tertiary/aromatic N) is 4. The van der Waals surface area contributed by atoms with Gasteiger partial charge in [0.05, 0.1) is 11.4 Å². The number of aromatic nitrogens is 4. The van der Waals surface area contributed by atoms with Crippen molar-refractivity contribution >= 4 is 12.4 Å². The molecule has 0 saturated carbocycles. The minimum atomic E-state index is -4.41. The lowest BCUT2D eigenvalue weighted by Crippen LogP contribution is -2.15. The highest BCUT2D eigenvalue weighted by molar-refractivity contribution is 5.85. The Morgan fingerprint density at radius 3 is 2.33 bits per heavy atom. The molecule has 0 saturated heterocycles. The summed E-state index contributed by atoms with van der Waals surface area (Å²) in [7, 11) is 3.33. The highest BCUT2D eigenvalue weighted by Gasteiger charge is 2.34. The number of aryl methyl sites for hydroxylation is 3. The van der Waals surface area contributed by atoms with Crippen LogP contribution in [0.15, 0.2) is 12.3 Å². The zero-order valence-corrected chi connectivity index (χ0v) is 12.7. The van der Waals surface area contributed by atoms with Gasteiger partial charge in [-0.3, -0.25) is 9.36 Å². The van der Waals surface area contributed by atoms with Crippen LogP contribution in [0.5, 0.6) is 0 Å². The fourth-order valence-corrected chi connectivity index (χ4v) is 1.96. The fourth-order valence-electron chi connectivity index (χ4n) is 1.96. The van der Waals surface area contributed by atoms with E-state index < -0.39 is 11.9 Å². The van der Waals surface area contributed by atoms with E-state index in [4.69, 9.17) is 0 Å². The molecule has 0 unspecified atom stereocenters. The van der Waals surface area contributed by atoms with Gasteiger partial charge in [-0.15, -0.1) is 12.4 Å². The van der Waals surface area contributed by atoms with Gasteiger partial charge in [-0.2, -0.15) is 23.4 Å². The van der Waals surface area contributed by atoms with Crippen molar-refractivity contribution in [3.8, 4) is 0 Å². The molecule has 0 aliphatic carbocycles. The Kier molecular flexibility index (Phi) is 5.41. The molecule has 5 nitrogen and oxygen atoms in total. The molecule has 2 aromatic heterocycles. The van der Waals surface area contributed by atoms with Gasteiger partial charge in [-0.1, -0.05) is 0 Å². The van der Waals surface area contributed by atoms with Crippen molar-refractivity contribution in [3.05, 3.63) is 34.9 Å². The summed E-state index contributed by atoms with van der Waals surface area (Å²) in [6.45, 7) is 2.75. The summed E-state index contributed by atoms with van der Waals surface area (Å²) < 4.78 is 40.5. The second kappa shape index (κ2) is 6.48. The smallest absolute Gasteiger partial charge is 0.307 e. The minimum absolute atomic E-state index is 0. The predicted molar refractivity (Wildman–Crippen MR) is 73.9 cm³/mol. The summed E-state index contributed by atoms with van der Waals surface area (Å²) in [5, 5.41) is 10.8. The molecule has 2 aromatic rings. The highest BCUT2D eigenvalue weighted by Crippen LogP contribution is 2.28. The quantitative estimate of drug-likeness (QED) is 0.938. The van der Waals surface area contributed by atoms with Crippen LogP contribution >= 0.6 is 12.4 Å². The molecular formula is C12H17ClF3N5. The lowest BCUT2D eigenvalue weighted by molar-refractivity contribution is -0.141. The number of alkyl halides is 3. The van der Waals surface area contributed by atoms with Crippen molar-refractivity contribution < 1.29 is 13.2 Å². The summed E-state index contributed by atoms with van der Waals surface area (Å²) >= 11 is 0. The van der Waals surface area contributed by atoms with Gasteiger partial charge in [0.15, 0.2) is 5.69 Å². The lowest BCUT2D eigenvalue weighted by atomic mass is 10.2. The molecule has 2 heterocycles. The summed E-state index contributed by atoms with van der Waals surface area (Å²) in [6.07, 6.45) is -2.53. The van der Waals surface area contributed by atoms with Crippen molar-refractivity contribution in [1.29, 1.82) is 0 Å². The number of hydrogen-bond donors (Lipinski definition) is 1. The maximum atomic E-state index is 12.5.